The lowest BCUT2D eigenvalue weighted by Crippen LogP contribution is -2.38. The van der Waals surface area contributed by atoms with Gasteiger partial charge in [-0.1, -0.05) is 32.9 Å². The molecule has 2 aromatic carbocycles. The van der Waals surface area contributed by atoms with Crippen molar-refractivity contribution in [2.75, 3.05) is 0 Å². The first-order valence-electron chi connectivity index (χ1n) is 11.2. The van der Waals surface area contributed by atoms with Gasteiger partial charge in [-0.05, 0) is 92.7 Å². The highest BCUT2D eigenvalue weighted by Crippen LogP contribution is 2.66. The lowest BCUT2D eigenvalue weighted by molar-refractivity contribution is 0.0542. The Morgan fingerprint density at radius 3 is 1.83 bits per heavy atom. The van der Waals surface area contributed by atoms with Crippen molar-refractivity contribution in [3.8, 4) is 0 Å². The summed E-state index contributed by atoms with van der Waals surface area (Å²) < 4.78 is 19.8. The standard InChI is InChI=1S/C26H33O3P/c1-15-10-17(3)23-20(12-15)21-13-16(2)11-18(4)24(21)29-30(28-23)27-22-14-19-8-9-26(22,7)25(19,5)6/h10-13,19,22H,8-9,14H2,1-7H3. The van der Waals surface area contributed by atoms with Crippen molar-refractivity contribution in [3.63, 3.8) is 0 Å². The zero-order chi connectivity index (χ0) is 21.4. The summed E-state index contributed by atoms with van der Waals surface area (Å²) in [6, 6.07) is 8.79. The van der Waals surface area contributed by atoms with Crippen molar-refractivity contribution in [1.82, 2.24) is 0 Å². The molecule has 0 N–H and O–H groups in total. The summed E-state index contributed by atoms with van der Waals surface area (Å²) in [5.74, 6) is 0.725. The minimum atomic E-state index is -1.52. The van der Waals surface area contributed by atoms with Gasteiger partial charge in [-0.3, -0.25) is 4.52 Å². The van der Waals surface area contributed by atoms with Crippen LogP contribution in [0.15, 0.2) is 32.7 Å². The van der Waals surface area contributed by atoms with Crippen molar-refractivity contribution in [2.45, 2.75) is 73.8 Å². The van der Waals surface area contributed by atoms with Crippen LogP contribution in [0, 0.1) is 44.4 Å². The van der Waals surface area contributed by atoms with Crippen LogP contribution < -0.4 is 4.52 Å². The molecule has 2 fully saturated rings. The van der Waals surface area contributed by atoms with Crippen LogP contribution in [-0.2, 0) is 0 Å². The SMILES string of the molecule is Cc1cc(C)c2op(OC3CC4CCC3(C)C4(C)C)oc3c(C)cc(C)cc3c2c1. The minimum Gasteiger partial charge on any atom is -0.399 e. The van der Waals surface area contributed by atoms with Crippen LogP contribution in [0.2, 0.25) is 0 Å². The molecule has 0 saturated heterocycles. The lowest BCUT2D eigenvalue weighted by atomic mass is 9.70. The van der Waals surface area contributed by atoms with Gasteiger partial charge < -0.3 is 8.39 Å². The van der Waals surface area contributed by atoms with Crippen LogP contribution in [0.3, 0.4) is 0 Å². The van der Waals surface area contributed by atoms with Crippen molar-refractivity contribution in [2.24, 2.45) is 16.7 Å². The third-order valence-electron chi connectivity index (χ3n) is 8.39. The summed E-state index contributed by atoms with van der Waals surface area (Å²) >= 11 is 0. The van der Waals surface area contributed by atoms with Crippen LogP contribution >= 0.6 is 8.24 Å². The second-order valence-electron chi connectivity index (χ2n) is 10.5. The number of hydrogen-bond acceptors (Lipinski definition) is 3. The van der Waals surface area contributed by atoms with Gasteiger partial charge in [-0.25, -0.2) is 0 Å². The Morgan fingerprint density at radius 1 is 0.867 bits per heavy atom. The lowest BCUT2D eigenvalue weighted by Gasteiger charge is -2.37. The maximum absolute atomic E-state index is 6.71. The van der Waals surface area contributed by atoms with E-state index >= 15 is 0 Å². The Balaban J connectivity index is 1.74. The van der Waals surface area contributed by atoms with Gasteiger partial charge in [0.2, 0.25) is 0 Å². The van der Waals surface area contributed by atoms with Crippen LogP contribution in [0.5, 0.6) is 0 Å². The van der Waals surface area contributed by atoms with E-state index in [0.29, 0.717) is 5.41 Å². The summed E-state index contributed by atoms with van der Waals surface area (Å²) in [5.41, 5.74) is 7.02. The molecule has 2 aliphatic rings. The van der Waals surface area contributed by atoms with Gasteiger partial charge in [0.25, 0.3) is 0 Å². The second-order valence-corrected chi connectivity index (χ2v) is 11.6. The molecule has 5 rings (SSSR count). The highest BCUT2D eigenvalue weighted by molar-refractivity contribution is 7.31. The summed E-state index contributed by atoms with van der Waals surface area (Å²) in [5, 5.41) is 2.23. The van der Waals surface area contributed by atoms with Gasteiger partial charge >= 0.3 is 8.24 Å². The number of hydrogen-bond donors (Lipinski definition) is 0. The van der Waals surface area contributed by atoms with Crippen molar-refractivity contribution in [1.29, 1.82) is 0 Å². The molecule has 1 heterocycles. The van der Waals surface area contributed by atoms with Gasteiger partial charge in [0.15, 0.2) is 0 Å². The predicted molar refractivity (Wildman–Crippen MR) is 125 cm³/mol. The first-order chi connectivity index (χ1) is 14.1. The molecule has 2 saturated carbocycles. The number of fused-ring (bicyclic) bond motifs is 5. The smallest absolute Gasteiger partial charge is 0.387 e. The fourth-order valence-corrected chi connectivity index (χ4v) is 7.59. The average molecular weight is 425 g/mol. The first-order valence-corrected chi connectivity index (χ1v) is 12.3. The molecule has 30 heavy (non-hydrogen) atoms. The quantitative estimate of drug-likeness (QED) is 0.416. The third-order valence-corrected chi connectivity index (χ3v) is 9.48. The summed E-state index contributed by atoms with van der Waals surface area (Å²) in [4.78, 5) is 0. The monoisotopic (exact) mass is 424 g/mol. The predicted octanol–water partition coefficient (Wildman–Crippen LogP) is 8.17. The summed E-state index contributed by atoms with van der Waals surface area (Å²) in [6.07, 6.45) is 3.82. The van der Waals surface area contributed by atoms with E-state index in [0.717, 1.165) is 45.4 Å². The van der Waals surface area contributed by atoms with Gasteiger partial charge in [-0.2, -0.15) is 0 Å². The summed E-state index contributed by atoms with van der Waals surface area (Å²) in [7, 11) is -1.52. The van der Waals surface area contributed by atoms with Gasteiger partial charge in [0.1, 0.15) is 11.2 Å². The highest BCUT2D eigenvalue weighted by Gasteiger charge is 2.62. The maximum Gasteiger partial charge on any atom is 0.387 e. The average Bonchev–Trinajstić information content (AvgIpc) is 2.90. The van der Waals surface area contributed by atoms with Crippen LogP contribution in [0.1, 0.15) is 62.3 Å². The zero-order valence-corrected chi connectivity index (χ0v) is 20.2. The van der Waals surface area contributed by atoms with Crippen molar-refractivity contribution in [3.05, 3.63) is 46.5 Å². The Kier molecular flexibility index (Phi) is 4.48. The van der Waals surface area contributed by atoms with E-state index in [2.05, 4.69) is 72.7 Å². The third kappa shape index (κ3) is 2.82. The zero-order valence-electron chi connectivity index (χ0n) is 19.3. The Bertz CT molecular complexity index is 1140. The molecule has 2 aliphatic carbocycles. The van der Waals surface area contributed by atoms with E-state index in [9.17, 15) is 0 Å². The van der Waals surface area contributed by atoms with Gasteiger partial charge in [-0.15, -0.1) is 0 Å². The van der Waals surface area contributed by atoms with E-state index in [-0.39, 0.29) is 11.5 Å². The molecular weight excluding hydrogens is 391 g/mol. The number of aryl methyl sites for hydroxylation is 4. The van der Waals surface area contributed by atoms with Crippen LogP contribution in [-0.4, -0.2) is 6.10 Å². The van der Waals surface area contributed by atoms with Crippen molar-refractivity contribution < 1.29 is 12.9 Å². The van der Waals surface area contributed by atoms with E-state index in [1.54, 1.807) is 0 Å². The van der Waals surface area contributed by atoms with Crippen molar-refractivity contribution >= 4 is 30.2 Å². The number of benzene rings is 2. The number of rotatable bonds is 2. The molecule has 1 aromatic heterocycles. The molecule has 3 atom stereocenters. The normalized spacial score (nSPS) is 27.3. The Morgan fingerprint density at radius 2 is 1.40 bits per heavy atom. The fraction of sp³-hybridized carbons (Fsp3) is 0.538. The molecular formula is C26H33O3P. The molecule has 2 bridgehead atoms. The molecule has 3 unspecified atom stereocenters. The highest BCUT2D eigenvalue weighted by atomic mass is 31.1. The molecule has 0 aliphatic heterocycles. The van der Waals surface area contributed by atoms with Crippen LogP contribution in [0.25, 0.3) is 21.9 Å². The molecule has 4 heteroatoms. The van der Waals surface area contributed by atoms with E-state index in [4.69, 9.17) is 12.9 Å². The first kappa shape index (κ1) is 20.2. The van der Waals surface area contributed by atoms with Gasteiger partial charge in [0.05, 0.1) is 6.10 Å². The van der Waals surface area contributed by atoms with E-state index in [1.807, 2.05) is 0 Å². The van der Waals surface area contributed by atoms with E-state index < -0.39 is 8.24 Å². The molecule has 0 spiro atoms. The second kappa shape index (κ2) is 6.65. The Labute approximate surface area is 180 Å². The largest absolute Gasteiger partial charge is 0.399 e. The Hall–Kier alpha value is -1.70. The topological polar surface area (TPSA) is 35.5 Å². The van der Waals surface area contributed by atoms with Crippen LogP contribution in [0.4, 0.5) is 0 Å². The van der Waals surface area contributed by atoms with E-state index in [1.165, 1.54) is 24.0 Å². The molecule has 3 nitrogen and oxygen atoms in total. The molecule has 160 valence electrons. The maximum atomic E-state index is 6.71. The molecule has 0 amide bonds. The summed E-state index contributed by atoms with van der Waals surface area (Å²) in [6.45, 7) is 15.8. The molecule has 0 radical (unpaired) electrons. The fourth-order valence-electron chi connectivity index (χ4n) is 6.16. The minimum absolute atomic E-state index is 0.176. The van der Waals surface area contributed by atoms with Gasteiger partial charge in [0, 0.05) is 16.2 Å². The molecule has 3 aromatic rings.